The summed E-state index contributed by atoms with van der Waals surface area (Å²) in [6, 6.07) is 8.42. The first-order chi connectivity index (χ1) is 9.56. The van der Waals surface area contributed by atoms with Crippen molar-refractivity contribution in [3.8, 4) is 0 Å². The first-order valence-electron chi connectivity index (χ1n) is 8.02. The fourth-order valence-electron chi connectivity index (χ4n) is 3.21. The van der Waals surface area contributed by atoms with Crippen LogP contribution in [-0.4, -0.2) is 30.1 Å². The van der Waals surface area contributed by atoms with Gasteiger partial charge in [-0.25, -0.2) is 0 Å². The normalized spacial score (nSPS) is 18.1. The largest absolute Gasteiger partial charge is 0.387 e. The predicted molar refractivity (Wildman–Crippen MR) is 84.9 cm³/mol. The van der Waals surface area contributed by atoms with Gasteiger partial charge in [0.05, 0.1) is 6.10 Å². The lowest BCUT2D eigenvalue weighted by molar-refractivity contribution is 0.118. The molecule has 2 rings (SSSR count). The van der Waals surface area contributed by atoms with Crippen LogP contribution in [0.5, 0.6) is 0 Å². The third kappa shape index (κ3) is 4.32. The molecule has 0 amide bonds. The number of rotatable bonds is 6. The van der Waals surface area contributed by atoms with Crippen LogP contribution in [0.2, 0.25) is 0 Å². The molecule has 1 aliphatic carbocycles. The molecule has 1 saturated carbocycles. The van der Waals surface area contributed by atoms with Crippen molar-refractivity contribution in [2.45, 2.75) is 51.6 Å². The first kappa shape index (κ1) is 15.5. The minimum Gasteiger partial charge on any atom is -0.387 e. The number of nitrogens with zero attached hydrogens (tertiary/aromatic N) is 1. The molecule has 1 aromatic rings. The highest BCUT2D eigenvalue weighted by Crippen LogP contribution is 2.26. The molecular formula is C18H29NO. The Morgan fingerprint density at radius 1 is 1.10 bits per heavy atom. The molecule has 1 N–H and O–H groups in total. The van der Waals surface area contributed by atoms with Gasteiger partial charge in [-0.3, -0.25) is 0 Å². The van der Waals surface area contributed by atoms with Crippen molar-refractivity contribution in [3.63, 3.8) is 0 Å². The van der Waals surface area contributed by atoms with Crippen molar-refractivity contribution in [1.82, 2.24) is 4.90 Å². The van der Waals surface area contributed by atoms with Gasteiger partial charge in [-0.2, -0.15) is 0 Å². The Morgan fingerprint density at radius 2 is 1.65 bits per heavy atom. The molecule has 0 heterocycles. The van der Waals surface area contributed by atoms with Crippen LogP contribution in [0.25, 0.3) is 0 Å². The Morgan fingerprint density at radius 3 is 2.20 bits per heavy atom. The zero-order chi connectivity index (χ0) is 14.5. The average Bonchev–Trinajstić information content (AvgIpc) is 2.91. The number of likely N-dealkylation sites (N-methyl/N-ethyl adjacent to an activating group) is 1. The van der Waals surface area contributed by atoms with Gasteiger partial charge < -0.3 is 10.0 Å². The highest BCUT2D eigenvalue weighted by atomic mass is 16.3. The van der Waals surface area contributed by atoms with E-state index in [0.717, 1.165) is 24.6 Å². The van der Waals surface area contributed by atoms with Crippen LogP contribution in [0.4, 0.5) is 0 Å². The number of hydrogen-bond donors (Lipinski definition) is 1. The minimum atomic E-state index is -0.373. The maximum absolute atomic E-state index is 10.4. The van der Waals surface area contributed by atoms with Gasteiger partial charge in [0.1, 0.15) is 0 Å². The lowest BCUT2D eigenvalue weighted by Crippen LogP contribution is -2.29. The zero-order valence-electron chi connectivity index (χ0n) is 13.2. The molecule has 2 nitrogen and oxygen atoms in total. The molecule has 1 aliphatic rings. The van der Waals surface area contributed by atoms with Crippen molar-refractivity contribution in [1.29, 1.82) is 0 Å². The standard InChI is InChI=1S/C18H29NO/c1-14(2)16-8-10-17(11-9-16)18(20)13-19(3)12-15-6-4-5-7-15/h8-11,14-15,18,20H,4-7,12-13H2,1-3H3. The summed E-state index contributed by atoms with van der Waals surface area (Å²) in [7, 11) is 2.13. The van der Waals surface area contributed by atoms with Crippen molar-refractivity contribution in [2.75, 3.05) is 20.1 Å². The van der Waals surface area contributed by atoms with Crippen LogP contribution in [0, 0.1) is 5.92 Å². The first-order valence-corrected chi connectivity index (χ1v) is 8.02. The molecule has 0 aromatic heterocycles. The monoisotopic (exact) mass is 275 g/mol. The molecule has 1 fully saturated rings. The average molecular weight is 275 g/mol. The fraction of sp³-hybridized carbons (Fsp3) is 0.667. The number of benzene rings is 1. The molecule has 20 heavy (non-hydrogen) atoms. The van der Waals surface area contributed by atoms with Gasteiger partial charge in [0.2, 0.25) is 0 Å². The zero-order valence-corrected chi connectivity index (χ0v) is 13.2. The Labute approximate surface area is 123 Å². The van der Waals surface area contributed by atoms with Crippen molar-refractivity contribution in [3.05, 3.63) is 35.4 Å². The summed E-state index contributed by atoms with van der Waals surface area (Å²) in [5.41, 5.74) is 2.37. The lowest BCUT2D eigenvalue weighted by Gasteiger charge is -2.24. The molecule has 1 unspecified atom stereocenters. The molecule has 0 radical (unpaired) electrons. The van der Waals surface area contributed by atoms with E-state index in [0.29, 0.717) is 5.92 Å². The predicted octanol–water partition coefficient (Wildman–Crippen LogP) is 3.97. The summed E-state index contributed by atoms with van der Waals surface area (Å²) in [5, 5.41) is 10.4. The molecule has 0 spiro atoms. The second kappa shape index (κ2) is 7.24. The van der Waals surface area contributed by atoms with Gasteiger partial charge in [0.15, 0.2) is 0 Å². The molecule has 0 saturated heterocycles. The number of aliphatic hydroxyl groups excluding tert-OH is 1. The topological polar surface area (TPSA) is 23.5 Å². The van der Waals surface area contributed by atoms with Crippen LogP contribution < -0.4 is 0 Å². The SMILES string of the molecule is CC(C)c1ccc(C(O)CN(C)CC2CCCC2)cc1. The summed E-state index contributed by atoms with van der Waals surface area (Å²) >= 11 is 0. The summed E-state index contributed by atoms with van der Waals surface area (Å²) in [5.74, 6) is 1.39. The molecule has 112 valence electrons. The lowest BCUT2D eigenvalue weighted by atomic mass is 9.99. The van der Waals surface area contributed by atoms with Gasteiger partial charge in [0, 0.05) is 13.1 Å². The number of aliphatic hydroxyl groups is 1. The Kier molecular flexibility index (Phi) is 5.62. The Hall–Kier alpha value is -0.860. The van der Waals surface area contributed by atoms with Crippen LogP contribution in [0.3, 0.4) is 0 Å². The third-order valence-corrected chi connectivity index (χ3v) is 4.52. The maximum atomic E-state index is 10.4. The molecule has 2 heteroatoms. The van der Waals surface area contributed by atoms with E-state index in [4.69, 9.17) is 0 Å². The second-order valence-electron chi connectivity index (χ2n) is 6.71. The van der Waals surface area contributed by atoms with Crippen molar-refractivity contribution >= 4 is 0 Å². The smallest absolute Gasteiger partial charge is 0.0916 e. The van der Waals surface area contributed by atoms with Crippen LogP contribution in [0.1, 0.15) is 62.7 Å². The van der Waals surface area contributed by atoms with Gasteiger partial charge in [-0.15, -0.1) is 0 Å². The van der Waals surface area contributed by atoms with E-state index in [1.54, 1.807) is 0 Å². The van der Waals surface area contributed by atoms with Crippen molar-refractivity contribution in [2.24, 2.45) is 5.92 Å². The molecule has 0 aliphatic heterocycles. The molecule has 0 bridgehead atoms. The van der Waals surface area contributed by atoms with Gasteiger partial charge in [-0.05, 0) is 42.9 Å². The van der Waals surface area contributed by atoms with E-state index in [9.17, 15) is 5.11 Å². The van der Waals surface area contributed by atoms with Crippen molar-refractivity contribution < 1.29 is 5.11 Å². The fourth-order valence-corrected chi connectivity index (χ4v) is 3.21. The van der Waals surface area contributed by atoms with Crippen LogP contribution >= 0.6 is 0 Å². The minimum absolute atomic E-state index is 0.373. The van der Waals surface area contributed by atoms with Gasteiger partial charge in [0.25, 0.3) is 0 Å². The third-order valence-electron chi connectivity index (χ3n) is 4.52. The summed E-state index contributed by atoms with van der Waals surface area (Å²) in [6.07, 6.45) is 5.13. The molecule has 1 aromatic carbocycles. The van der Waals surface area contributed by atoms with E-state index >= 15 is 0 Å². The van der Waals surface area contributed by atoms with Gasteiger partial charge >= 0.3 is 0 Å². The van der Waals surface area contributed by atoms with E-state index in [1.807, 2.05) is 0 Å². The number of hydrogen-bond acceptors (Lipinski definition) is 2. The van der Waals surface area contributed by atoms with E-state index in [2.05, 4.69) is 50.1 Å². The van der Waals surface area contributed by atoms with Crippen LogP contribution in [-0.2, 0) is 0 Å². The summed E-state index contributed by atoms with van der Waals surface area (Å²) in [6.45, 7) is 6.25. The summed E-state index contributed by atoms with van der Waals surface area (Å²) in [4.78, 5) is 2.29. The quantitative estimate of drug-likeness (QED) is 0.849. The Bertz CT molecular complexity index is 392. The highest BCUT2D eigenvalue weighted by molar-refractivity contribution is 5.26. The van der Waals surface area contributed by atoms with Crippen LogP contribution in [0.15, 0.2) is 24.3 Å². The summed E-state index contributed by atoms with van der Waals surface area (Å²) < 4.78 is 0. The molecular weight excluding hydrogens is 246 g/mol. The maximum Gasteiger partial charge on any atom is 0.0916 e. The Balaban J connectivity index is 1.85. The highest BCUT2D eigenvalue weighted by Gasteiger charge is 2.18. The van der Waals surface area contributed by atoms with E-state index in [1.165, 1.54) is 31.2 Å². The van der Waals surface area contributed by atoms with E-state index < -0.39 is 0 Å². The molecule has 1 atom stereocenters. The second-order valence-corrected chi connectivity index (χ2v) is 6.71. The van der Waals surface area contributed by atoms with E-state index in [-0.39, 0.29) is 6.10 Å². The van der Waals surface area contributed by atoms with Gasteiger partial charge in [-0.1, -0.05) is 51.0 Å².